The zero-order valence-electron chi connectivity index (χ0n) is 17.5. The Hall–Kier alpha value is -3.81. The molecule has 32 heavy (non-hydrogen) atoms. The van der Waals surface area contributed by atoms with E-state index in [0.717, 1.165) is 41.6 Å². The average Bonchev–Trinajstić information content (AvgIpc) is 2.91. The number of rotatable bonds is 7. The second-order valence-corrected chi connectivity index (χ2v) is 8.00. The molecule has 1 atom stereocenters. The molecule has 1 aliphatic carbocycles. The van der Waals surface area contributed by atoms with E-state index in [-0.39, 0.29) is 0 Å². The predicted molar refractivity (Wildman–Crippen MR) is 119 cm³/mol. The molecule has 166 valence electrons. The minimum atomic E-state index is -1.09. The van der Waals surface area contributed by atoms with Gasteiger partial charge < -0.3 is 25.9 Å². The van der Waals surface area contributed by atoms with Gasteiger partial charge in [0.1, 0.15) is 5.75 Å². The van der Waals surface area contributed by atoms with Crippen LogP contribution in [0.4, 0.5) is 0 Å². The molecule has 8 heteroatoms. The highest BCUT2D eigenvalue weighted by atomic mass is 16.5. The van der Waals surface area contributed by atoms with Crippen LogP contribution in [0.3, 0.4) is 0 Å². The van der Waals surface area contributed by atoms with Gasteiger partial charge in [0.15, 0.2) is 6.61 Å². The molecule has 0 radical (unpaired) electrons. The van der Waals surface area contributed by atoms with Gasteiger partial charge in [0.05, 0.1) is 11.4 Å². The van der Waals surface area contributed by atoms with Crippen molar-refractivity contribution in [1.82, 2.24) is 4.57 Å². The van der Waals surface area contributed by atoms with Crippen LogP contribution in [-0.4, -0.2) is 34.1 Å². The topological polar surface area (TPSA) is 138 Å². The van der Waals surface area contributed by atoms with Crippen molar-refractivity contribution in [2.45, 2.75) is 38.1 Å². The fraction of sp³-hybridized carbons (Fsp3) is 0.292. The van der Waals surface area contributed by atoms with E-state index in [1.807, 2.05) is 18.2 Å². The minimum Gasteiger partial charge on any atom is -0.481 e. The number of amides is 2. The van der Waals surface area contributed by atoms with E-state index in [9.17, 15) is 14.4 Å². The van der Waals surface area contributed by atoms with Gasteiger partial charge in [0, 0.05) is 23.2 Å². The first kappa shape index (κ1) is 21.4. The van der Waals surface area contributed by atoms with E-state index in [1.54, 1.807) is 24.3 Å². The smallest absolute Gasteiger partial charge is 0.341 e. The highest BCUT2D eigenvalue weighted by Crippen LogP contribution is 2.42. The van der Waals surface area contributed by atoms with Gasteiger partial charge in [0.25, 0.3) is 0 Å². The zero-order valence-corrected chi connectivity index (χ0v) is 17.5. The summed E-state index contributed by atoms with van der Waals surface area (Å²) < 4.78 is 7.67. The van der Waals surface area contributed by atoms with Crippen LogP contribution in [-0.2, 0) is 22.6 Å². The largest absolute Gasteiger partial charge is 0.481 e. The van der Waals surface area contributed by atoms with Gasteiger partial charge in [-0.25, -0.2) is 4.79 Å². The predicted octanol–water partition coefficient (Wildman–Crippen LogP) is 2.55. The number of benzene rings is 2. The number of ether oxygens (including phenoxy) is 1. The number of aromatic nitrogens is 1. The van der Waals surface area contributed by atoms with Crippen LogP contribution >= 0.6 is 0 Å². The molecule has 0 fully saturated rings. The Balaban J connectivity index is 1.97. The lowest BCUT2D eigenvalue weighted by molar-refractivity contribution is -0.139. The van der Waals surface area contributed by atoms with Crippen LogP contribution in [0, 0.1) is 0 Å². The molecule has 2 aromatic carbocycles. The summed E-state index contributed by atoms with van der Waals surface area (Å²) in [5, 5.41) is 9.81. The molecule has 2 amide bonds. The first-order chi connectivity index (χ1) is 15.4. The van der Waals surface area contributed by atoms with Gasteiger partial charge in [0.2, 0.25) is 11.8 Å². The maximum atomic E-state index is 12.4. The Morgan fingerprint density at radius 2 is 1.84 bits per heavy atom. The molecule has 8 nitrogen and oxygen atoms in total. The van der Waals surface area contributed by atoms with Crippen molar-refractivity contribution in [2.24, 2.45) is 11.5 Å². The first-order valence-corrected chi connectivity index (χ1v) is 10.5. The second-order valence-electron chi connectivity index (χ2n) is 8.00. The van der Waals surface area contributed by atoms with E-state index in [0.29, 0.717) is 29.7 Å². The van der Waals surface area contributed by atoms with E-state index >= 15 is 0 Å². The molecule has 3 aromatic rings. The number of carbonyl (C=O) groups excluding carboxylic acids is 2. The Morgan fingerprint density at radius 3 is 2.56 bits per heavy atom. The van der Waals surface area contributed by atoms with Gasteiger partial charge in [-0.05, 0) is 48.6 Å². The molecular formula is C24H25N3O5. The second kappa shape index (κ2) is 8.74. The van der Waals surface area contributed by atoms with E-state index in [2.05, 4.69) is 4.57 Å². The summed E-state index contributed by atoms with van der Waals surface area (Å²) in [6, 6.07) is 12.5. The summed E-state index contributed by atoms with van der Waals surface area (Å²) in [5.74, 6) is -2.12. The molecule has 4 rings (SSSR count). The summed E-state index contributed by atoms with van der Waals surface area (Å²) in [6.07, 6.45) is 3.08. The maximum Gasteiger partial charge on any atom is 0.341 e. The number of hydrogen-bond donors (Lipinski definition) is 3. The van der Waals surface area contributed by atoms with Crippen LogP contribution in [0.5, 0.6) is 5.75 Å². The van der Waals surface area contributed by atoms with Crippen LogP contribution < -0.4 is 16.2 Å². The Labute approximate surface area is 184 Å². The Morgan fingerprint density at radius 1 is 1.06 bits per heavy atom. The molecule has 0 bridgehead atoms. The summed E-state index contributed by atoms with van der Waals surface area (Å²) >= 11 is 0. The lowest BCUT2D eigenvalue weighted by Gasteiger charge is -2.14. The number of hydrogen-bond acceptors (Lipinski definition) is 4. The number of fused-ring (bicyclic) bond motifs is 3. The number of nitrogens with two attached hydrogens (primary N) is 2. The molecule has 1 aromatic heterocycles. The highest BCUT2D eigenvalue weighted by molar-refractivity contribution is 5.97. The van der Waals surface area contributed by atoms with Crippen molar-refractivity contribution in [1.29, 1.82) is 0 Å². The van der Waals surface area contributed by atoms with Crippen LogP contribution in [0.25, 0.3) is 10.9 Å². The quantitative estimate of drug-likeness (QED) is 0.490. The van der Waals surface area contributed by atoms with Gasteiger partial charge in [-0.1, -0.05) is 30.7 Å². The molecule has 1 aliphatic rings. The fourth-order valence-electron chi connectivity index (χ4n) is 4.67. The Kier molecular flexibility index (Phi) is 5.85. The lowest BCUT2D eigenvalue weighted by Crippen LogP contribution is -2.22. The molecule has 5 N–H and O–H groups in total. The Bertz CT molecular complexity index is 1210. The molecular weight excluding hydrogens is 410 g/mol. The number of aliphatic carboxylic acids is 1. The van der Waals surface area contributed by atoms with E-state index < -0.39 is 30.3 Å². The number of nitrogens with zero attached hydrogens (tertiary/aromatic N) is 1. The summed E-state index contributed by atoms with van der Waals surface area (Å²) in [7, 11) is 0. The minimum absolute atomic E-state index is 0.374. The third kappa shape index (κ3) is 3.91. The standard InChI is InChI=1S/C24H25N3O5/c25-23(30)15-7-2-1-6-14(15)12-27-17-9-4-3-8-16(24(26)31)21(17)22-18(27)10-5-11-19(22)32-13-20(28)29/h1-2,5-7,10-11,16H,3-4,8-9,12-13H2,(H2,25,30)(H2,26,31)(H,28,29). The average molecular weight is 435 g/mol. The zero-order chi connectivity index (χ0) is 22.8. The SMILES string of the molecule is NC(=O)c1ccccc1Cn1c2c(c3c(OCC(=O)O)cccc31)C(C(N)=O)CCCC2. The van der Waals surface area contributed by atoms with Crippen molar-refractivity contribution in [3.05, 3.63) is 64.8 Å². The number of carbonyl (C=O) groups is 3. The fourth-order valence-corrected chi connectivity index (χ4v) is 4.67. The first-order valence-electron chi connectivity index (χ1n) is 10.5. The van der Waals surface area contributed by atoms with Gasteiger partial charge in [-0.15, -0.1) is 0 Å². The van der Waals surface area contributed by atoms with Gasteiger partial charge >= 0.3 is 5.97 Å². The van der Waals surface area contributed by atoms with E-state index in [4.69, 9.17) is 21.3 Å². The third-order valence-corrected chi connectivity index (χ3v) is 6.01. The van der Waals surface area contributed by atoms with Crippen molar-refractivity contribution in [2.75, 3.05) is 6.61 Å². The van der Waals surface area contributed by atoms with E-state index in [1.165, 1.54) is 0 Å². The molecule has 0 saturated carbocycles. The highest BCUT2D eigenvalue weighted by Gasteiger charge is 2.31. The number of primary amides is 2. The molecule has 1 heterocycles. The van der Waals surface area contributed by atoms with Gasteiger partial charge in [-0.3, -0.25) is 9.59 Å². The molecule has 1 unspecified atom stereocenters. The summed E-state index contributed by atoms with van der Waals surface area (Å²) in [6.45, 7) is -0.121. The van der Waals surface area contributed by atoms with Gasteiger partial charge in [-0.2, -0.15) is 0 Å². The van der Waals surface area contributed by atoms with Crippen molar-refractivity contribution >= 4 is 28.7 Å². The lowest BCUT2D eigenvalue weighted by atomic mass is 9.92. The third-order valence-electron chi connectivity index (χ3n) is 6.01. The van der Waals surface area contributed by atoms with Crippen LogP contribution in [0.1, 0.15) is 52.4 Å². The number of carboxylic acids is 1. The number of carboxylic acid groups (broad SMARTS) is 1. The normalized spacial score (nSPS) is 15.7. The summed E-state index contributed by atoms with van der Waals surface area (Å²) in [4.78, 5) is 35.5. The summed E-state index contributed by atoms with van der Waals surface area (Å²) in [5.41, 5.74) is 15.1. The van der Waals surface area contributed by atoms with Crippen molar-refractivity contribution in [3.8, 4) is 5.75 Å². The molecule has 0 spiro atoms. The van der Waals surface area contributed by atoms with Crippen molar-refractivity contribution in [3.63, 3.8) is 0 Å². The van der Waals surface area contributed by atoms with Crippen LogP contribution in [0.15, 0.2) is 42.5 Å². The monoisotopic (exact) mass is 435 g/mol. The maximum absolute atomic E-state index is 12.4. The molecule has 0 saturated heterocycles. The molecule has 0 aliphatic heterocycles. The van der Waals surface area contributed by atoms with Crippen LogP contribution in [0.2, 0.25) is 0 Å². The van der Waals surface area contributed by atoms with Crippen molar-refractivity contribution < 1.29 is 24.2 Å².